The zero-order valence-corrected chi connectivity index (χ0v) is 10.6. The lowest BCUT2D eigenvalue weighted by Crippen LogP contribution is -2.24. The van der Waals surface area contributed by atoms with E-state index >= 15 is 0 Å². The first-order valence-electron chi connectivity index (χ1n) is 4.94. The van der Waals surface area contributed by atoms with Gasteiger partial charge in [0.15, 0.2) is 5.25 Å². The molecular weight excluding hydrogens is 258 g/mol. The van der Waals surface area contributed by atoms with Gasteiger partial charge in [-0.3, -0.25) is 14.8 Å². The number of nitrogens with one attached hydrogen (secondary N) is 1. The summed E-state index contributed by atoms with van der Waals surface area (Å²) < 4.78 is 25.4. The van der Waals surface area contributed by atoms with Gasteiger partial charge in [0.25, 0.3) is 5.69 Å². The molecule has 1 aromatic rings. The Kier molecular flexibility index (Phi) is 3.88. The first kappa shape index (κ1) is 13.9. The molecule has 8 heteroatoms. The minimum absolute atomic E-state index is 0.137. The number of nitro groups is 1. The SMILES string of the molecule is Cc1ccc([N+](=O)[O-])c(NS(=O)(=O)C(C)C#N)c1. The van der Waals surface area contributed by atoms with Crippen LogP contribution in [-0.2, 0) is 10.0 Å². The summed E-state index contributed by atoms with van der Waals surface area (Å²) in [6, 6.07) is 5.63. The molecule has 0 heterocycles. The predicted molar refractivity (Wildman–Crippen MR) is 65.5 cm³/mol. The third-order valence-corrected chi connectivity index (χ3v) is 3.79. The largest absolute Gasteiger partial charge is 0.293 e. The van der Waals surface area contributed by atoms with Crippen molar-refractivity contribution < 1.29 is 13.3 Å². The van der Waals surface area contributed by atoms with Gasteiger partial charge in [-0.15, -0.1) is 0 Å². The number of nitro benzene ring substituents is 1. The van der Waals surface area contributed by atoms with Crippen molar-refractivity contribution >= 4 is 21.4 Å². The summed E-state index contributed by atoms with van der Waals surface area (Å²) in [5.74, 6) is 0. The maximum absolute atomic E-state index is 11.7. The Bertz CT molecular complexity index is 619. The van der Waals surface area contributed by atoms with E-state index in [4.69, 9.17) is 5.26 Å². The highest BCUT2D eigenvalue weighted by atomic mass is 32.2. The van der Waals surface area contributed by atoms with Gasteiger partial charge in [-0.2, -0.15) is 5.26 Å². The van der Waals surface area contributed by atoms with Crippen LogP contribution >= 0.6 is 0 Å². The van der Waals surface area contributed by atoms with E-state index in [0.29, 0.717) is 5.56 Å². The third-order valence-electron chi connectivity index (χ3n) is 2.25. The average molecular weight is 269 g/mol. The molecule has 0 spiro atoms. The highest BCUT2D eigenvalue weighted by molar-refractivity contribution is 7.93. The van der Waals surface area contributed by atoms with Gasteiger partial charge in [-0.25, -0.2) is 8.42 Å². The molecule has 0 aliphatic carbocycles. The molecule has 0 aliphatic rings. The molecule has 1 atom stereocenters. The second kappa shape index (κ2) is 5.01. The van der Waals surface area contributed by atoms with Crippen molar-refractivity contribution in [2.45, 2.75) is 19.1 Å². The normalized spacial score (nSPS) is 12.5. The van der Waals surface area contributed by atoms with E-state index in [1.54, 1.807) is 13.0 Å². The Balaban J connectivity index is 3.23. The molecule has 1 N–H and O–H groups in total. The smallest absolute Gasteiger partial charge is 0.276 e. The molecule has 0 aliphatic heterocycles. The fraction of sp³-hybridized carbons (Fsp3) is 0.300. The van der Waals surface area contributed by atoms with Gasteiger partial charge < -0.3 is 0 Å². The summed E-state index contributed by atoms with van der Waals surface area (Å²) in [5, 5.41) is 18.0. The third kappa shape index (κ3) is 2.95. The van der Waals surface area contributed by atoms with E-state index < -0.39 is 20.2 Å². The second-order valence-corrected chi connectivity index (χ2v) is 5.70. The van der Waals surface area contributed by atoms with Gasteiger partial charge in [0.05, 0.1) is 11.0 Å². The highest BCUT2D eigenvalue weighted by Crippen LogP contribution is 2.26. The summed E-state index contributed by atoms with van der Waals surface area (Å²) in [7, 11) is -3.95. The number of aryl methyl sites for hydroxylation is 1. The van der Waals surface area contributed by atoms with E-state index in [0.717, 1.165) is 0 Å². The van der Waals surface area contributed by atoms with E-state index in [1.165, 1.54) is 25.1 Å². The van der Waals surface area contributed by atoms with Crippen LogP contribution in [0.1, 0.15) is 12.5 Å². The van der Waals surface area contributed by atoms with Crippen LogP contribution < -0.4 is 4.72 Å². The number of nitrogens with zero attached hydrogens (tertiary/aromatic N) is 2. The van der Waals surface area contributed by atoms with Crippen molar-refractivity contribution in [2.75, 3.05) is 4.72 Å². The summed E-state index contributed by atoms with van der Waals surface area (Å²) in [4.78, 5) is 10.1. The Morgan fingerprint density at radius 2 is 2.11 bits per heavy atom. The average Bonchev–Trinajstić information content (AvgIpc) is 2.26. The van der Waals surface area contributed by atoms with E-state index in [1.807, 2.05) is 0 Å². The molecule has 18 heavy (non-hydrogen) atoms. The fourth-order valence-electron chi connectivity index (χ4n) is 1.20. The predicted octanol–water partition coefficient (Wildman–Crippen LogP) is 1.56. The maximum Gasteiger partial charge on any atom is 0.293 e. The second-order valence-electron chi connectivity index (χ2n) is 3.70. The van der Waals surface area contributed by atoms with Crippen molar-refractivity contribution in [3.8, 4) is 6.07 Å². The zero-order valence-electron chi connectivity index (χ0n) is 9.75. The number of anilines is 1. The number of hydrogen-bond donors (Lipinski definition) is 1. The molecule has 7 nitrogen and oxygen atoms in total. The van der Waals surface area contributed by atoms with Gasteiger partial charge in [0.1, 0.15) is 5.69 Å². The fourth-order valence-corrected chi connectivity index (χ4v) is 1.99. The molecule has 0 aromatic heterocycles. The number of hydrogen-bond acceptors (Lipinski definition) is 5. The molecule has 0 radical (unpaired) electrons. The van der Waals surface area contributed by atoms with Crippen molar-refractivity contribution in [1.29, 1.82) is 5.26 Å². The van der Waals surface area contributed by atoms with Crippen LogP contribution in [0.5, 0.6) is 0 Å². The first-order chi connectivity index (χ1) is 8.27. The van der Waals surface area contributed by atoms with Gasteiger partial charge in [-0.1, -0.05) is 6.07 Å². The van der Waals surface area contributed by atoms with E-state index in [-0.39, 0.29) is 11.4 Å². The molecule has 1 unspecified atom stereocenters. The number of sulfonamides is 1. The molecule has 0 bridgehead atoms. The van der Waals surface area contributed by atoms with Crippen LogP contribution in [0.2, 0.25) is 0 Å². The molecule has 1 rings (SSSR count). The standard InChI is InChI=1S/C10H11N3O4S/c1-7-3-4-10(13(14)15)9(5-7)12-18(16,17)8(2)6-11/h3-5,8,12H,1-2H3. The molecule has 1 aromatic carbocycles. The minimum Gasteiger partial charge on any atom is -0.276 e. The summed E-state index contributed by atoms with van der Waals surface area (Å²) in [6.07, 6.45) is 0. The Hall–Kier alpha value is -2.14. The monoisotopic (exact) mass is 269 g/mol. The Labute approximate surface area is 104 Å². The van der Waals surface area contributed by atoms with Crippen molar-refractivity contribution in [3.63, 3.8) is 0 Å². The van der Waals surface area contributed by atoms with Crippen LogP contribution in [0.3, 0.4) is 0 Å². The molecule has 0 saturated heterocycles. The maximum atomic E-state index is 11.7. The summed E-state index contributed by atoms with van der Waals surface area (Å²) in [6.45, 7) is 2.87. The van der Waals surface area contributed by atoms with Crippen molar-refractivity contribution in [2.24, 2.45) is 0 Å². The lowest BCUT2D eigenvalue weighted by molar-refractivity contribution is -0.383. The minimum atomic E-state index is -3.95. The lowest BCUT2D eigenvalue weighted by Gasteiger charge is -2.10. The van der Waals surface area contributed by atoms with Gasteiger partial charge in [-0.05, 0) is 25.5 Å². The van der Waals surface area contributed by atoms with Crippen molar-refractivity contribution in [1.82, 2.24) is 0 Å². The van der Waals surface area contributed by atoms with Crippen LogP contribution in [0, 0.1) is 28.4 Å². The molecule has 96 valence electrons. The summed E-state index contributed by atoms with van der Waals surface area (Å²) >= 11 is 0. The van der Waals surface area contributed by atoms with Crippen LogP contribution in [0.4, 0.5) is 11.4 Å². The molecule has 0 fully saturated rings. The first-order valence-corrected chi connectivity index (χ1v) is 6.49. The van der Waals surface area contributed by atoms with Crippen LogP contribution in [0.15, 0.2) is 18.2 Å². The zero-order chi connectivity index (χ0) is 13.9. The number of benzene rings is 1. The number of rotatable bonds is 4. The van der Waals surface area contributed by atoms with Crippen LogP contribution in [0.25, 0.3) is 0 Å². The number of nitriles is 1. The summed E-state index contributed by atoms with van der Waals surface area (Å²) in [5.41, 5.74) is 0.180. The molecular formula is C10H11N3O4S. The van der Waals surface area contributed by atoms with E-state index in [2.05, 4.69) is 4.72 Å². The van der Waals surface area contributed by atoms with Gasteiger partial charge >= 0.3 is 0 Å². The quantitative estimate of drug-likeness (QED) is 0.658. The Morgan fingerprint density at radius 1 is 1.50 bits per heavy atom. The molecule has 0 saturated carbocycles. The van der Waals surface area contributed by atoms with Crippen molar-refractivity contribution in [3.05, 3.63) is 33.9 Å². The lowest BCUT2D eigenvalue weighted by atomic mass is 10.2. The molecule has 0 amide bonds. The topological polar surface area (TPSA) is 113 Å². The van der Waals surface area contributed by atoms with Crippen LogP contribution in [-0.4, -0.2) is 18.6 Å². The Morgan fingerprint density at radius 3 is 2.61 bits per heavy atom. The van der Waals surface area contributed by atoms with Gasteiger partial charge in [0, 0.05) is 6.07 Å². The van der Waals surface area contributed by atoms with Gasteiger partial charge in [0.2, 0.25) is 10.0 Å². The highest BCUT2D eigenvalue weighted by Gasteiger charge is 2.24. The van der Waals surface area contributed by atoms with E-state index in [9.17, 15) is 18.5 Å².